The highest BCUT2D eigenvalue weighted by Crippen LogP contribution is 2.26. The molecule has 2 nitrogen and oxygen atoms in total. The van der Waals surface area contributed by atoms with Crippen LogP contribution in [0.1, 0.15) is 31.9 Å². The fourth-order valence-electron chi connectivity index (χ4n) is 1.36. The number of thioether (sulfide) groups is 1. The molecule has 0 saturated carbocycles. The summed E-state index contributed by atoms with van der Waals surface area (Å²) in [4.78, 5) is 0. The van der Waals surface area contributed by atoms with Crippen molar-refractivity contribution < 1.29 is 14.2 Å². The van der Waals surface area contributed by atoms with E-state index < -0.39 is 11.9 Å². The summed E-state index contributed by atoms with van der Waals surface area (Å²) in [7, 11) is 1.42. The van der Waals surface area contributed by atoms with Crippen LogP contribution in [0.25, 0.3) is 0 Å². The van der Waals surface area contributed by atoms with Gasteiger partial charge in [-0.15, -0.1) is 0 Å². The molecule has 0 aliphatic rings. The Morgan fingerprint density at radius 1 is 1.47 bits per heavy atom. The van der Waals surface area contributed by atoms with Crippen LogP contribution in [0.2, 0.25) is 0 Å². The Morgan fingerprint density at radius 2 is 2.18 bits per heavy atom. The van der Waals surface area contributed by atoms with Gasteiger partial charge in [0.2, 0.25) is 0 Å². The van der Waals surface area contributed by atoms with E-state index in [1.807, 2.05) is 0 Å². The molecule has 0 spiro atoms. The van der Waals surface area contributed by atoms with Crippen molar-refractivity contribution in [1.82, 2.24) is 0 Å². The topological polar surface area (TPSA) is 29.5 Å². The molecule has 96 valence electrons. The van der Waals surface area contributed by atoms with Crippen molar-refractivity contribution in [3.63, 3.8) is 0 Å². The molecule has 1 aromatic rings. The molecule has 0 amide bonds. The molecule has 0 fully saturated rings. The molecule has 2 unspecified atom stereocenters. The quantitative estimate of drug-likeness (QED) is 0.848. The van der Waals surface area contributed by atoms with Gasteiger partial charge in [-0.3, -0.25) is 0 Å². The van der Waals surface area contributed by atoms with Crippen molar-refractivity contribution in [3.05, 3.63) is 29.6 Å². The van der Waals surface area contributed by atoms with Crippen LogP contribution in [-0.2, 0) is 0 Å². The average Bonchev–Trinajstić information content (AvgIpc) is 2.35. The maximum absolute atomic E-state index is 13.4. The van der Waals surface area contributed by atoms with Crippen LogP contribution in [0, 0.1) is 5.82 Å². The molecule has 1 rings (SSSR count). The molecule has 0 radical (unpaired) electrons. The number of ether oxygens (including phenoxy) is 1. The first-order chi connectivity index (χ1) is 8.08. The van der Waals surface area contributed by atoms with Crippen molar-refractivity contribution in [2.24, 2.45) is 0 Å². The van der Waals surface area contributed by atoms with E-state index in [1.165, 1.54) is 13.2 Å². The number of hydrogen-bond donors (Lipinski definition) is 1. The third-order valence-corrected chi connectivity index (χ3v) is 4.08. The molecule has 0 aromatic heterocycles. The van der Waals surface area contributed by atoms with Gasteiger partial charge >= 0.3 is 0 Å². The molecule has 1 N–H and O–H groups in total. The lowest BCUT2D eigenvalue weighted by Crippen LogP contribution is -2.05. The van der Waals surface area contributed by atoms with E-state index in [0.717, 1.165) is 6.42 Å². The van der Waals surface area contributed by atoms with Gasteiger partial charge in [-0.2, -0.15) is 11.8 Å². The monoisotopic (exact) mass is 258 g/mol. The van der Waals surface area contributed by atoms with E-state index in [1.54, 1.807) is 23.9 Å². The van der Waals surface area contributed by atoms with E-state index in [2.05, 4.69) is 13.8 Å². The fourth-order valence-corrected chi connectivity index (χ4v) is 2.30. The van der Waals surface area contributed by atoms with Crippen LogP contribution in [0.15, 0.2) is 18.2 Å². The van der Waals surface area contributed by atoms with Gasteiger partial charge in [0.05, 0.1) is 13.2 Å². The number of rotatable bonds is 6. The minimum Gasteiger partial charge on any atom is -0.494 e. The first kappa shape index (κ1) is 14.3. The van der Waals surface area contributed by atoms with E-state index in [4.69, 9.17) is 4.74 Å². The largest absolute Gasteiger partial charge is 0.494 e. The number of methoxy groups -OCH3 is 1. The van der Waals surface area contributed by atoms with E-state index in [9.17, 15) is 9.50 Å². The third-order valence-electron chi connectivity index (χ3n) is 2.67. The van der Waals surface area contributed by atoms with Gasteiger partial charge in [-0.25, -0.2) is 4.39 Å². The zero-order valence-electron chi connectivity index (χ0n) is 10.4. The maximum Gasteiger partial charge on any atom is 0.165 e. The van der Waals surface area contributed by atoms with Gasteiger partial charge in [-0.1, -0.05) is 19.9 Å². The Morgan fingerprint density at radius 3 is 2.71 bits per heavy atom. The Balaban J connectivity index is 2.63. The minimum absolute atomic E-state index is 0.204. The van der Waals surface area contributed by atoms with Crippen LogP contribution in [-0.4, -0.2) is 23.2 Å². The second-order valence-electron chi connectivity index (χ2n) is 3.96. The Kier molecular flexibility index (Phi) is 5.78. The Hall–Kier alpha value is -0.740. The predicted molar refractivity (Wildman–Crippen MR) is 70.1 cm³/mol. The predicted octanol–water partition coefficient (Wildman–Crippen LogP) is 3.40. The molecule has 0 aliphatic carbocycles. The van der Waals surface area contributed by atoms with Crippen molar-refractivity contribution in [1.29, 1.82) is 0 Å². The van der Waals surface area contributed by atoms with Crippen LogP contribution in [0.4, 0.5) is 4.39 Å². The van der Waals surface area contributed by atoms with Crippen molar-refractivity contribution in [2.45, 2.75) is 31.6 Å². The molecule has 4 heteroatoms. The first-order valence-electron chi connectivity index (χ1n) is 5.71. The average molecular weight is 258 g/mol. The van der Waals surface area contributed by atoms with Crippen LogP contribution in [0.3, 0.4) is 0 Å². The number of aliphatic hydroxyl groups is 1. The summed E-state index contributed by atoms with van der Waals surface area (Å²) in [6.45, 7) is 4.23. The summed E-state index contributed by atoms with van der Waals surface area (Å²) in [6.07, 6.45) is 0.434. The second kappa shape index (κ2) is 6.87. The molecular formula is C13H19FO2S. The number of hydrogen-bond acceptors (Lipinski definition) is 3. The smallest absolute Gasteiger partial charge is 0.165 e. The van der Waals surface area contributed by atoms with E-state index in [-0.39, 0.29) is 5.75 Å². The molecule has 0 bridgehead atoms. The molecule has 0 aliphatic heterocycles. The van der Waals surface area contributed by atoms with Crippen LogP contribution < -0.4 is 4.74 Å². The molecule has 0 heterocycles. The van der Waals surface area contributed by atoms with Crippen molar-refractivity contribution in [2.75, 3.05) is 12.9 Å². The molecule has 0 saturated heterocycles. The number of benzene rings is 1. The van der Waals surface area contributed by atoms with Gasteiger partial charge in [0, 0.05) is 11.0 Å². The summed E-state index contributed by atoms with van der Waals surface area (Å²) in [5.41, 5.74) is 0.596. The highest BCUT2D eigenvalue weighted by Gasteiger charge is 2.12. The lowest BCUT2D eigenvalue weighted by molar-refractivity contribution is 0.203. The van der Waals surface area contributed by atoms with Gasteiger partial charge in [-0.05, 0) is 24.1 Å². The van der Waals surface area contributed by atoms with Crippen LogP contribution >= 0.6 is 11.8 Å². The Bertz CT molecular complexity index is 357. The third kappa shape index (κ3) is 4.21. The zero-order valence-corrected chi connectivity index (χ0v) is 11.3. The highest BCUT2D eigenvalue weighted by molar-refractivity contribution is 7.99. The molecular weight excluding hydrogens is 239 g/mol. The summed E-state index contributed by atoms with van der Waals surface area (Å²) < 4.78 is 18.3. The summed E-state index contributed by atoms with van der Waals surface area (Å²) in [5.74, 6) is 0.356. The lowest BCUT2D eigenvalue weighted by Gasteiger charge is -2.14. The molecule has 17 heavy (non-hydrogen) atoms. The number of aliphatic hydroxyl groups excluding tert-OH is 1. The van der Waals surface area contributed by atoms with Gasteiger partial charge in [0.25, 0.3) is 0 Å². The van der Waals surface area contributed by atoms with Gasteiger partial charge in [0.15, 0.2) is 11.6 Å². The Labute approximate surface area is 106 Å². The summed E-state index contributed by atoms with van der Waals surface area (Å²) in [6, 6.07) is 4.58. The standard InChI is InChI=1S/C13H19FO2S/c1-4-9(2)17-8-12(15)10-5-6-13(16-3)11(14)7-10/h5-7,9,12,15H,4,8H2,1-3H3. The van der Waals surface area contributed by atoms with Gasteiger partial charge in [0.1, 0.15) is 0 Å². The van der Waals surface area contributed by atoms with Gasteiger partial charge < -0.3 is 9.84 Å². The minimum atomic E-state index is -0.630. The highest BCUT2D eigenvalue weighted by atomic mass is 32.2. The second-order valence-corrected chi connectivity index (χ2v) is 5.43. The van der Waals surface area contributed by atoms with E-state index >= 15 is 0 Å². The molecule has 2 atom stereocenters. The zero-order chi connectivity index (χ0) is 12.8. The van der Waals surface area contributed by atoms with Crippen molar-refractivity contribution >= 4 is 11.8 Å². The fraction of sp³-hybridized carbons (Fsp3) is 0.538. The lowest BCUT2D eigenvalue weighted by atomic mass is 10.1. The maximum atomic E-state index is 13.4. The first-order valence-corrected chi connectivity index (χ1v) is 6.76. The summed E-state index contributed by atoms with van der Waals surface area (Å²) in [5, 5.41) is 10.4. The van der Waals surface area contributed by atoms with Crippen molar-refractivity contribution in [3.8, 4) is 5.75 Å². The molecule has 1 aromatic carbocycles. The summed E-state index contributed by atoms with van der Waals surface area (Å²) >= 11 is 1.69. The number of halogens is 1. The van der Waals surface area contributed by atoms with Crippen LogP contribution in [0.5, 0.6) is 5.75 Å². The normalized spacial score (nSPS) is 14.4. The SMILES string of the molecule is CCC(C)SCC(O)c1ccc(OC)c(F)c1. The van der Waals surface area contributed by atoms with E-state index in [0.29, 0.717) is 16.6 Å².